The van der Waals surface area contributed by atoms with Gasteiger partial charge in [-0.3, -0.25) is 0 Å². The number of hydrogen-bond acceptors (Lipinski definition) is 1. The van der Waals surface area contributed by atoms with Gasteiger partial charge in [0.25, 0.3) is 0 Å². The van der Waals surface area contributed by atoms with E-state index in [1.54, 1.807) is 0 Å². The van der Waals surface area contributed by atoms with Crippen molar-refractivity contribution in [1.29, 1.82) is 0 Å². The van der Waals surface area contributed by atoms with E-state index >= 15 is 0 Å². The summed E-state index contributed by atoms with van der Waals surface area (Å²) in [6.45, 7) is 4.34. The van der Waals surface area contributed by atoms with E-state index in [9.17, 15) is 0 Å². The Labute approximate surface area is 136 Å². The fourth-order valence-electron chi connectivity index (χ4n) is 2.69. The lowest BCUT2D eigenvalue weighted by Crippen LogP contribution is -2.49. The zero-order chi connectivity index (χ0) is 15.4. The summed E-state index contributed by atoms with van der Waals surface area (Å²) in [5.74, 6) is 0.950. The molecule has 0 unspecified atom stereocenters. The van der Waals surface area contributed by atoms with Crippen molar-refractivity contribution >= 4 is 23.3 Å². The van der Waals surface area contributed by atoms with Crippen LogP contribution >= 0.6 is 0 Å². The number of hydrogen-bond donors (Lipinski definition) is 0. The molecule has 0 heterocycles. The summed E-state index contributed by atoms with van der Waals surface area (Å²) in [4.78, 5) is 0. The van der Waals surface area contributed by atoms with Gasteiger partial charge in [-0.25, -0.2) is 0 Å². The molecule has 0 atom stereocenters. The van der Waals surface area contributed by atoms with Gasteiger partial charge in [0.05, 0.1) is 5.75 Å². The first-order valence-electron chi connectivity index (χ1n) is 7.58. The highest BCUT2D eigenvalue weighted by Crippen LogP contribution is 2.11. The maximum Gasteiger partial charge on any atom is 0.631 e. The highest BCUT2D eigenvalue weighted by Gasteiger charge is 2.32. The van der Waals surface area contributed by atoms with E-state index in [2.05, 4.69) is 62.4 Å². The van der Waals surface area contributed by atoms with Crippen LogP contribution in [-0.2, 0) is 0 Å². The molecule has 0 amide bonds. The Bertz CT molecular complexity index is 707. The minimum atomic E-state index is -1.76. The quantitative estimate of drug-likeness (QED) is 0.670. The highest BCUT2D eigenvalue weighted by atomic mass is 27.2. The molecule has 108 valence electrons. The van der Waals surface area contributed by atoms with E-state index in [0.717, 1.165) is 5.75 Å². The van der Waals surface area contributed by atoms with Crippen molar-refractivity contribution in [3.05, 3.63) is 90.0 Å². The predicted octanol–water partition coefficient (Wildman–Crippen LogP) is 3.49. The minimum absolute atomic E-state index is 0.950. The van der Waals surface area contributed by atoms with Crippen molar-refractivity contribution in [3.63, 3.8) is 0 Å². The van der Waals surface area contributed by atoms with Gasteiger partial charge in [0.15, 0.2) is 0 Å². The third kappa shape index (κ3) is 3.25. The maximum atomic E-state index is 6.49. The first-order chi connectivity index (χ1) is 10.8. The Balaban J connectivity index is 2.07. The Kier molecular flexibility index (Phi) is 4.63. The lowest BCUT2D eigenvalue weighted by molar-refractivity contribution is 0.591. The van der Waals surface area contributed by atoms with Gasteiger partial charge in [0, 0.05) is 0 Å². The molecule has 0 aliphatic carbocycles. The standard InChI is InChI=1S/2C7H7.C6H6O.Al/c2*1-7-5-3-2-4-6-7;7-6-4-2-1-3-5-6;/h2*2-5H,1H3;1-5,7H;/q;;;+1/p-1. The number of benzene rings is 3. The van der Waals surface area contributed by atoms with E-state index in [0.29, 0.717) is 0 Å². The second-order valence-electron chi connectivity index (χ2n) is 5.52. The first kappa shape index (κ1) is 14.9. The van der Waals surface area contributed by atoms with Gasteiger partial charge < -0.3 is 3.79 Å². The van der Waals surface area contributed by atoms with Crippen molar-refractivity contribution in [1.82, 2.24) is 0 Å². The smallest absolute Gasteiger partial charge is 0.631 e. The molecule has 3 rings (SSSR count). The van der Waals surface area contributed by atoms with Crippen LogP contribution in [0, 0.1) is 13.8 Å². The summed E-state index contributed by atoms with van der Waals surface area (Å²) < 4.78 is 9.18. The average Bonchev–Trinajstić information content (AvgIpc) is 2.55. The van der Waals surface area contributed by atoms with E-state index in [-0.39, 0.29) is 0 Å². The van der Waals surface area contributed by atoms with Crippen LogP contribution in [0.5, 0.6) is 5.75 Å². The summed E-state index contributed by atoms with van der Waals surface area (Å²) >= 11 is -1.76. The van der Waals surface area contributed by atoms with Gasteiger partial charge in [0.1, 0.15) is 0 Å². The average molecular weight is 302 g/mol. The Morgan fingerprint density at radius 2 is 1.05 bits per heavy atom. The van der Waals surface area contributed by atoms with Crippen molar-refractivity contribution < 1.29 is 3.79 Å². The van der Waals surface area contributed by atoms with Gasteiger partial charge in [-0.05, 0) is 26.0 Å². The highest BCUT2D eigenvalue weighted by molar-refractivity contribution is 6.81. The molecule has 0 fully saturated rings. The second-order valence-corrected chi connectivity index (χ2v) is 7.76. The van der Waals surface area contributed by atoms with Gasteiger partial charge in [-0.2, -0.15) is 0 Å². The number of para-hydroxylation sites is 1. The molecular weight excluding hydrogens is 283 g/mol. The molecule has 22 heavy (non-hydrogen) atoms. The molecule has 3 aromatic carbocycles. The summed E-state index contributed by atoms with van der Waals surface area (Å²) in [5, 5.41) is 0. The molecule has 3 aromatic rings. The molecule has 0 N–H and O–H groups in total. The molecule has 0 spiro atoms. The Morgan fingerprint density at radius 3 is 1.55 bits per heavy atom. The third-order valence-corrected chi connectivity index (χ3v) is 6.87. The fourth-order valence-corrected chi connectivity index (χ4v) is 5.30. The van der Waals surface area contributed by atoms with Crippen molar-refractivity contribution in [2.75, 3.05) is 0 Å². The SMILES string of the molecule is Cc1cccc[c]1[Al]([O]c1ccccc1)[c]1ccccc1C. The zero-order valence-electron chi connectivity index (χ0n) is 13.0. The zero-order valence-corrected chi connectivity index (χ0v) is 14.1. The molecule has 2 heteroatoms. The minimum Gasteiger partial charge on any atom is -0.636 e. The third-order valence-electron chi connectivity index (χ3n) is 3.94. The first-order valence-corrected chi connectivity index (χ1v) is 9.21. The predicted molar refractivity (Wildman–Crippen MR) is 94.5 cm³/mol. The maximum absolute atomic E-state index is 6.49. The van der Waals surface area contributed by atoms with Crippen molar-refractivity contribution in [3.8, 4) is 5.75 Å². The molecule has 0 radical (unpaired) electrons. The second kappa shape index (κ2) is 6.83. The van der Waals surface area contributed by atoms with Crippen LogP contribution in [0.15, 0.2) is 78.9 Å². The number of aryl methyl sites for hydroxylation is 2. The van der Waals surface area contributed by atoms with Crippen LogP contribution in [0.2, 0.25) is 0 Å². The van der Waals surface area contributed by atoms with Gasteiger partial charge in [0.2, 0.25) is 0 Å². The Hall–Kier alpha value is -2.01. The fraction of sp³-hybridized carbons (Fsp3) is 0.100. The summed E-state index contributed by atoms with van der Waals surface area (Å²) in [6, 6.07) is 27.3. The van der Waals surface area contributed by atoms with Gasteiger partial charge in [-0.1, -0.05) is 86.7 Å². The van der Waals surface area contributed by atoms with E-state index < -0.39 is 14.5 Å². The molecule has 0 saturated carbocycles. The van der Waals surface area contributed by atoms with Crippen LogP contribution in [0.4, 0.5) is 0 Å². The van der Waals surface area contributed by atoms with Crippen molar-refractivity contribution in [2.45, 2.75) is 13.8 Å². The molecule has 0 bridgehead atoms. The summed E-state index contributed by atoms with van der Waals surface area (Å²) in [7, 11) is 0. The Morgan fingerprint density at radius 1 is 0.591 bits per heavy atom. The van der Waals surface area contributed by atoms with E-state index in [1.165, 1.54) is 20.0 Å². The molecular formula is C20H19AlO. The lowest BCUT2D eigenvalue weighted by Gasteiger charge is -2.19. The van der Waals surface area contributed by atoms with Gasteiger partial charge >= 0.3 is 14.5 Å². The molecule has 1 nitrogen and oxygen atoms in total. The van der Waals surface area contributed by atoms with Crippen LogP contribution in [0.1, 0.15) is 11.1 Å². The monoisotopic (exact) mass is 302 g/mol. The van der Waals surface area contributed by atoms with E-state index in [4.69, 9.17) is 3.79 Å². The number of rotatable bonds is 4. The molecule has 0 aliphatic heterocycles. The van der Waals surface area contributed by atoms with Crippen LogP contribution < -0.4 is 12.6 Å². The topological polar surface area (TPSA) is 9.23 Å². The van der Waals surface area contributed by atoms with Crippen molar-refractivity contribution in [2.24, 2.45) is 0 Å². The van der Waals surface area contributed by atoms with Crippen LogP contribution in [0.3, 0.4) is 0 Å². The molecule has 0 aromatic heterocycles. The summed E-state index contributed by atoms with van der Waals surface area (Å²) in [6.07, 6.45) is 0. The summed E-state index contributed by atoms with van der Waals surface area (Å²) in [5.41, 5.74) is 2.61. The van der Waals surface area contributed by atoms with E-state index in [1.807, 2.05) is 30.3 Å². The van der Waals surface area contributed by atoms with Gasteiger partial charge in [-0.15, -0.1) is 0 Å². The largest absolute Gasteiger partial charge is 0.636 e. The van der Waals surface area contributed by atoms with Crippen LogP contribution in [0.25, 0.3) is 0 Å². The normalized spacial score (nSPS) is 10.3. The molecule has 0 aliphatic rings. The van der Waals surface area contributed by atoms with Crippen LogP contribution in [-0.4, -0.2) is 14.5 Å². The molecule has 0 saturated heterocycles. The lowest BCUT2D eigenvalue weighted by atomic mass is 10.2.